The molecule has 5 nitrogen and oxygen atoms in total. The van der Waals surface area contributed by atoms with E-state index in [9.17, 15) is 0 Å². The van der Waals surface area contributed by atoms with Crippen molar-refractivity contribution in [1.29, 1.82) is 0 Å². The van der Waals surface area contributed by atoms with Crippen molar-refractivity contribution in [2.24, 2.45) is 0 Å². The molecular weight excluding hydrogens is 222 g/mol. The highest BCUT2D eigenvalue weighted by Gasteiger charge is 2.30. The molecule has 17 heavy (non-hydrogen) atoms. The summed E-state index contributed by atoms with van der Waals surface area (Å²) in [6.45, 7) is 1.78. The van der Waals surface area contributed by atoms with Gasteiger partial charge in [0.25, 0.3) is 5.88 Å². The summed E-state index contributed by atoms with van der Waals surface area (Å²) in [5.74, 6) is 0.108. The van der Waals surface area contributed by atoms with Gasteiger partial charge in [-0.1, -0.05) is 0 Å². The minimum atomic E-state index is -0.913. The number of pyridine rings is 1. The summed E-state index contributed by atoms with van der Waals surface area (Å²) >= 11 is 0. The van der Waals surface area contributed by atoms with Gasteiger partial charge < -0.3 is 18.6 Å². The Labute approximate surface area is 99.3 Å². The maximum absolute atomic E-state index is 5.70. The molecule has 0 saturated heterocycles. The maximum atomic E-state index is 5.70. The minimum absolute atomic E-state index is 0.448. The maximum Gasteiger partial charge on any atom is 0.258 e. The second-order valence-electron chi connectivity index (χ2n) is 3.70. The molecule has 0 amide bonds. The molecule has 92 valence electrons. The van der Waals surface area contributed by atoms with Crippen molar-refractivity contribution >= 4 is 11.0 Å². The van der Waals surface area contributed by atoms with Crippen LogP contribution in [0.15, 0.2) is 22.7 Å². The van der Waals surface area contributed by atoms with E-state index < -0.39 is 5.79 Å². The summed E-state index contributed by atoms with van der Waals surface area (Å²) in [6, 6.07) is 3.70. The predicted octanol–water partition coefficient (Wildman–Crippen LogP) is 2.30. The van der Waals surface area contributed by atoms with Gasteiger partial charge in [0.2, 0.25) is 5.79 Å². The Morgan fingerprint density at radius 3 is 2.53 bits per heavy atom. The van der Waals surface area contributed by atoms with E-state index >= 15 is 0 Å². The molecule has 2 heterocycles. The fourth-order valence-corrected chi connectivity index (χ4v) is 1.59. The van der Waals surface area contributed by atoms with E-state index in [4.69, 9.17) is 18.6 Å². The van der Waals surface area contributed by atoms with Crippen LogP contribution in [-0.4, -0.2) is 26.3 Å². The highest BCUT2D eigenvalue weighted by molar-refractivity contribution is 5.82. The Bertz CT molecular complexity index is 516. The van der Waals surface area contributed by atoms with E-state index in [0.717, 1.165) is 5.39 Å². The van der Waals surface area contributed by atoms with Crippen molar-refractivity contribution in [3.63, 3.8) is 0 Å². The van der Waals surface area contributed by atoms with Gasteiger partial charge in [-0.05, 0) is 19.1 Å². The van der Waals surface area contributed by atoms with Crippen molar-refractivity contribution in [3.05, 3.63) is 24.1 Å². The summed E-state index contributed by atoms with van der Waals surface area (Å²) in [6.07, 6.45) is 1.66. The standard InChI is InChI=1S/C12H15NO4/c1-12(15-3,16-4)9-7-8-5-6-13-11(14-2)10(8)17-9/h5-7H,1-4H3. The number of hydrogen-bond donors (Lipinski definition) is 0. The Hall–Kier alpha value is -1.59. The minimum Gasteiger partial charge on any atom is -0.478 e. The Balaban J connectivity index is 2.58. The van der Waals surface area contributed by atoms with Gasteiger partial charge in [-0.2, -0.15) is 0 Å². The third kappa shape index (κ3) is 1.87. The lowest BCUT2D eigenvalue weighted by atomic mass is 10.2. The first-order valence-electron chi connectivity index (χ1n) is 5.18. The van der Waals surface area contributed by atoms with Crippen LogP contribution in [0.4, 0.5) is 0 Å². The van der Waals surface area contributed by atoms with Crippen molar-refractivity contribution in [2.75, 3.05) is 21.3 Å². The van der Waals surface area contributed by atoms with Crippen LogP contribution in [0.5, 0.6) is 5.88 Å². The first-order chi connectivity index (χ1) is 8.14. The van der Waals surface area contributed by atoms with E-state index in [2.05, 4.69) is 4.98 Å². The zero-order chi connectivity index (χ0) is 12.5. The first-order valence-corrected chi connectivity index (χ1v) is 5.18. The van der Waals surface area contributed by atoms with Gasteiger partial charge in [-0.25, -0.2) is 4.98 Å². The number of fused-ring (bicyclic) bond motifs is 1. The van der Waals surface area contributed by atoms with E-state index in [1.54, 1.807) is 34.4 Å². The third-order valence-corrected chi connectivity index (χ3v) is 2.82. The molecule has 2 aromatic heterocycles. The Morgan fingerprint density at radius 2 is 1.94 bits per heavy atom. The molecule has 2 aromatic rings. The second-order valence-corrected chi connectivity index (χ2v) is 3.70. The summed E-state index contributed by atoms with van der Waals surface area (Å²) in [4.78, 5) is 4.07. The highest BCUT2D eigenvalue weighted by Crippen LogP contribution is 2.33. The lowest BCUT2D eigenvalue weighted by molar-refractivity contribution is -0.212. The molecule has 0 aliphatic heterocycles. The molecule has 5 heteroatoms. The SMILES string of the molecule is COc1nccc2cc(C(C)(OC)OC)oc12. The third-order valence-electron chi connectivity index (χ3n) is 2.82. The van der Waals surface area contributed by atoms with Crippen molar-refractivity contribution in [1.82, 2.24) is 4.98 Å². The fourth-order valence-electron chi connectivity index (χ4n) is 1.59. The van der Waals surface area contributed by atoms with Gasteiger partial charge in [-0.3, -0.25) is 0 Å². The van der Waals surface area contributed by atoms with Crippen LogP contribution >= 0.6 is 0 Å². The Kier molecular flexibility index (Phi) is 3.04. The van der Waals surface area contributed by atoms with Crippen molar-refractivity contribution in [2.45, 2.75) is 12.7 Å². The van der Waals surface area contributed by atoms with Crippen molar-refractivity contribution < 1.29 is 18.6 Å². The van der Waals surface area contributed by atoms with Gasteiger partial charge in [0, 0.05) is 25.8 Å². The van der Waals surface area contributed by atoms with Gasteiger partial charge >= 0.3 is 0 Å². The smallest absolute Gasteiger partial charge is 0.258 e. The zero-order valence-electron chi connectivity index (χ0n) is 10.3. The number of ether oxygens (including phenoxy) is 3. The largest absolute Gasteiger partial charge is 0.478 e. The summed E-state index contributed by atoms with van der Waals surface area (Å²) in [5, 5.41) is 0.896. The van der Waals surface area contributed by atoms with Gasteiger partial charge in [-0.15, -0.1) is 0 Å². The topological polar surface area (TPSA) is 53.7 Å². The normalized spacial score (nSPS) is 12.0. The predicted molar refractivity (Wildman–Crippen MR) is 61.9 cm³/mol. The molecule has 0 unspecified atom stereocenters. The molecule has 0 aromatic carbocycles. The number of aromatic nitrogens is 1. The molecule has 0 saturated carbocycles. The summed E-state index contributed by atoms with van der Waals surface area (Å²) in [7, 11) is 4.67. The molecule has 2 rings (SSSR count). The quantitative estimate of drug-likeness (QED) is 0.764. The zero-order valence-corrected chi connectivity index (χ0v) is 10.3. The number of hydrogen-bond acceptors (Lipinski definition) is 5. The van der Waals surface area contributed by atoms with Crippen LogP contribution in [0.3, 0.4) is 0 Å². The average Bonchev–Trinajstić information content (AvgIpc) is 2.81. The van der Waals surface area contributed by atoms with Crippen LogP contribution in [0.25, 0.3) is 11.0 Å². The molecule has 0 N–H and O–H groups in total. The van der Waals surface area contributed by atoms with Crippen LogP contribution in [0.1, 0.15) is 12.7 Å². The highest BCUT2D eigenvalue weighted by atomic mass is 16.7. The molecule has 0 atom stereocenters. The molecule has 0 radical (unpaired) electrons. The van der Waals surface area contributed by atoms with E-state index in [-0.39, 0.29) is 0 Å². The fraction of sp³-hybridized carbons (Fsp3) is 0.417. The average molecular weight is 237 g/mol. The molecule has 0 aliphatic rings. The lowest BCUT2D eigenvalue weighted by Gasteiger charge is -2.23. The number of rotatable bonds is 4. The van der Waals surface area contributed by atoms with Crippen LogP contribution in [-0.2, 0) is 15.3 Å². The van der Waals surface area contributed by atoms with Gasteiger partial charge in [0.1, 0.15) is 0 Å². The van der Waals surface area contributed by atoms with Crippen molar-refractivity contribution in [3.8, 4) is 5.88 Å². The first kappa shape index (κ1) is 11.9. The number of nitrogens with zero attached hydrogens (tertiary/aromatic N) is 1. The summed E-state index contributed by atoms with van der Waals surface area (Å²) in [5.41, 5.74) is 0.588. The summed E-state index contributed by atoms with van der Waals surface area (Å²) < 4.78 is 21.4. The van der Waals surface area contributed by atoms with E-state index in [1.165, 1.54) is 0 Å². The van der Waals surface area contributed by atoms with Gasteiger partial charge in [0.05, 0.1) is 7.11 Å². The molecule has 0 bridgehead atoms. The van der Waals surface area contributed by atoms with E-state index in [0.29, 0.717) is 17.2 Å². The van der Waals surface area contributed by atoms with Crippen LogP contribution < -0.4 is 4.74 Å². The van der Waals surface area contributed by atoms with E-state index in [1.807, 2.05) is 12.1 Å². The van der Waals surface area contributed by atoms with Gasteiger partial charge in [0.15, 0.2) is 11.3 Å². The molecule has 0 fully saturated rings. The second kappa shape index (κ2) is 4.35. The monoisotopic (exact) mass is 237 g/mol. The van der Waals surface area contributed by atoms with Crippen LogP contribution in [0.2, 0.25) is 0 Å². The number of furan rings is 1. The molecule has 0 spiro atoms. The van der Waals surface area contributed by atoms with Crippen LogP contribution in [0, 0.1) is 0 Å². The Morgan fingerprint density at radius 1 is 1.24 bits per heavy atom. The molecular formula is C12H15NO4. The molecule has 0 aliphatic carbocycles. The lowest BCUT2D eigenvalue weighted by Crippen LogP contribution is -2.25. The number of methoxy groups -OCH3 is 3.